The zero-order chi connectivity index (χ0) is 40.3. The third kappa shape index (κ3) is 5.57. The molecule has 12 rings (SSSR count). The lowest BCUT2D eigenvalue weighted by Crippen LogP contribution is -2.28. The van der Waals surface area contributed by atoms with E-state index in [4.69, 9.17) is 4.42 Å². The highest BCUT2D eigenvalue weighted by Gasteiger charge is 2.46. The normalized spacial score (nSPS) is 12.7. The van der Waals surface area contributed by atoms with Crippen molar-refractivity contribution in [2.45, 2.75) is 5.41 Å². The lowest BCUT2D eigenvalue weighted by atomic mass is 9.67. The number of rotatable bonds is 7. The van der Waals surface area contributed by atoms with Gasteiger partial charge in [0, 0.05) is 33.4 Å². The van der Waals surface area contributed by atoms with Gasteiger partial charge in [-0.3, -0.25) is 0 Å². The van der Waals surface area contributed by atoms with E-state index in [1.807, 2.05) is 6.07 Å². The summed E-state index contributed by atoms with van der Waals surface area (Å²) in [6, 6.07) is 86.0. The predicted octanol–water partition coefficient (Wildman–Crippen LogP) is 15.9. The van der Waals surface area contributed by atoms with Gasteiger partial charge < -0.3 is 9.32 Å². The van der Waals surface area contributed by atoms with Crippen LogP contribution in [-0.4, -0.2) is 0 Å². The minimum Gasteiger partial charge on any atom is -0.455 e. The van der Waals surface area contributed by atoms with Crippen LogP contribution < -0.4 is 4.90 Å². The molecule has 61 heavy (non-hydrogen) atoms. The number of nitrogens with zero attached hydrogens (tertiary/aromatic N) is 1. The van der Waals surface area contributed by atoms with Crippen molar-refractivity contribution in [1.82, 2.24) is 0 Å². The summed E-state index contributed by atoms with van der Waals surface area (Å²) < 4.78 is 6.52. The van der Waals surface area contributed by atoms with E-state index in [-0.39, 0.29) is 0 Å². The molecule has 0 amide bonds. The third-order valence-electron chi connectivity index (χ3n) is 12.7. The number of benzene rings is 10. The summed E-state index contributed by atoms with van der Waals surface area (Å²) >= 11 is 0. The van der Waals surface area contributed by atoms with Crippen molar-refractivity contribution in [3.05, 3.63) is 259 Å². The van der Waals surface area contributed by atoms with E-state index in [2.05, 4.69) is 235 Å². The fourth-order valence-corrected chi connectivity index (χ4v) is 9.96. The van der Waals surface area contributed by atoms with Crippen LogP contribution >= 0.6 is 0 Å². The average Bonchev–Trinajstić information content (AvgIpc) is 3.86. The maximum absolute atomic E-state index is 6.52. The van der Waals surface area contributed by atoms with Crippen molar-refractivity contribution in [3.8, 4) is 33.4 Å². The van der Waals surface area contributed by atoms with Crippen molar-refractivity contribution in [2.75, 3.05) is 4.90 Å². The van der Waals surface area contributed by atoms with Gasteiger partial charge in [-0.2, -0.15) is 0 Å². The van der Waals surface area contributed by atoms with Crippen molar-refractivity contribution in [1.29, 1.82) is 0 Å². The second kappa shape index (κ2) is 14.1. The second-order valence-electron chi connectivity index (χ2n) is 16.0. The third-order valence-corrected chi connectivity index (χ3v) is 12.7. The van der Waals surface area contributed by atoms with Crippen LogP contribution in [0.15, 0.2) is 241 Å². The first kappa shape index (κ1) is 35.0. The molecule has 0 saturated heterocycles. The Hall–Kier alpha value is -7.94. The lowest BCUT2D eigenvalue weighted by Gasteiger charge is -2.35. The second-order valence-corrected chi connectivity index (χ2v) is 16.0. The molecule has 0 aliphatic heterocycles. The predicted molar refractivity (Wildman–Crippen MR) is 254 cm³/mol. The molecule has 0 saturated carbocycles. The summed E-state index contributed by atoms with van der Waals surface area (Å²) in [5, 5.41) is 4.66. The van der Waals surface area contributed by atoms with Crippen LogP contribution in [0.5, 0.6) is 0 Å². The van der Waals surface area contributed by atoms with Crippen molar-refractivity contribution in [2.24, 2.45) is 0 Å². The molecule has 0 N–H and O–H groups in total. The van der Waals surface area contributed by atoms with Crippen LogP contribution in [0.25, 0.3) is 66.1 Å². The van der Waals surface area contributed by atoms with Gasteiger partial charge in [0.05, 0.1) is 5.41 Å². The molecule has 286 valence electrons. The summed E-state index contributed by atoms with van der Waals surface area (Å²) in [5.74, 6) is 0. The Morgan fingerprint density at radius 1 is 0.328 bits per heavy atom. The van der Waals surface area contributed by atoms with Crippen molar-refractivity contribution >= 4 is 49.8 Å². The molecule has 0 unspecified atom stereocenters. The van der Waals surface area contributed by atoms with Gasteiger partial charge in [-0.15, -0.1) is 0 Å². The first-order valence-corrected chi connectivity index (χ1v) is 21.0. The molecule has 10 aromatic carbocycles. The molecule has 0 atom stereocenters. The maximum atomic E-state index is 6.52. The Balaban J connectivity index is 1.01. The first-order chi connectivity index (χ1) is 30.2. The molecular weight excluding hydrogens is 739 g/mol. The van der Waals surface area contributed by atoms with Gasteiger partial charge in [0.1, 0.15) is 11.2 Å². The van der Waals surface area contributed by atoms with Crippen LogP contribution in [0.4, 0.5) is 17.1 Å². The fourth-order valence-electron chi connectivity index (χ4n) is 9.96. The van der Waals surface area contributed by atoms with Crippen LogP contribution in [0, 0.1) is 0 Å². The molecule has 2 nitrogen and oxygen atoms in total. The van der Waals surface area contributed by atoms with E-state index in [9.17, 15) is 0 Å². The Bertz CT molecular complexity index is 3360. The zero-order valence-electron chi connectivity index (χ0n) is 33.4. The molecule has 2 heteroatoms. The number of anilines is 3. The van der Waals surface area contributed by atoms with Gasteiger partial charge in [-0.25, -0.2) is 0 Å². The minimum absolute atomic E-state index is 0.499. The standard InChI is InChI=1S/C59H39NO/c1-4-16-42(17-5-1)50-24-14-25-53-54-38-44(30-36-57(54)61-58(50)53)41-27-31-47(32-28-41)60(48-33-29-40-15-10-11-18-43(40)37-48)49-34-35-52-51-23-12-13-26-55(51)59(56(52)39-49,45-19-6-2-7-20-45)46-21-8-3-9-22-46/h1-39H. The molecular formula is C59H39NO. The number of fused-ring (bicyclic) bond motifs is 7. The highest BCUT2D eigenvalue weighted by molar-refractivity contribution is 6.10. The highest BCUT2D eigenvalue weighted by Crippen LogP contribution is 2.57. The Labute approximate surface area is 355 Å². The van der Waals surface area contributed by atoms with E-state index < -0.39 is 5.41 Å². The van der Waals surface area contributed by atoms with Crippen molar-refractivity contribution in [3.63, 3.8) is 0 Å². The van der Waals surface area contributed by atoms with Gasteiger partial charge in [-0.1, -0.05) is 188 Å². The van der Waals surface area contributed by atoms with Crippen molar-refractivity contribution < 1.29 is 4.42 Å². The molecule has 1 heterocycles. The molecule has 0 spiro atoms. The maximum Gasteiger partial charge on any atom is 0.143 e. The number of furan rings is 1. The van der Waals surface area contributed by atoms with Gasteiger partial charge >= 0.3 is 0 Å². The lowest BCUT2D eigenvalue weighted by molar-refractivity contribution is 0.670. The van der Waals surface area contributed by atoms with Gasteiger partial charge in [0.25, 0.3) is 0 Å². The zero-order valence-corrected chi connectivity index (χ0v) is 33.4. The molecule has 0 radical (unpaired) electrons. The van der Waals surface area contributed by atoms with E-state index in [0.717, 1.165) is 61.3 Å². The smallest absolute Gasteiger partial charge is 0.143 e. The SMILES string of the molecule is c1ccc(-c2cccc3c2oc2ccc(-c4ccc(N(c5ccc6c(c5)C(c5ccccc5)(c5ccccc5)c5ccccc5-6)c5ccc6ccccc6c5)cc4)cc23)cc1. The van der Waals surface area contributed by atoms with E-state index in [1.165, 1.54) is 44.2 Å². The first-order valence-electron chi connectivity index (χ1n) is 21.0. The average molecular weight is 778 g/mol. The molecule has 1 aliphatic rings. The van der Waals surface area contributed by atoms with E-state index >= 15 is 0 Å². The number of hydrogen-bond donors (Lipinski definition) is 0. The largest absolute Gasteiger partial charge is 0.455 e. The van der Waals surface area contributed by atoms with Crippen LogP contribution in [-0.2, 0) is 5.41 Å². The summed E-state index contributed by atoms with van der Waals surface area (Å²) in [7, 11) is 0. The monoisotopic (exact) mass is 777 g/mol. The van der Waals surface area contributed by atoms with Gasteiger partial charge in [0.2, 0.25) is 0 Å². The van der Waals surface area contributed by atoms with Crippen LogP contribution in [0.3, 0.4) is 0 Å². The minimum atomic E-state index is -0.499. The Morgan fingerprint density at radius 2 is 0.918 bits per heavy atom. The quantitative estimate of drug-likeness (QED) is 0.160. The fraction of sp³-hybridized carbons (Fsp3) is 0.0169. The Kier molecular flexibility index (Phi) is 8.11. The van der Waals surface area contributed by atoms with E-state index in [1.54, 1.807) is 0 Å². The summed E-state index contributed by atoms with van der Waals surface area (Å²) in [6.07, 6.45) is 0. The summed E-state index contributed by atoms with van der Waals surface area (Å²) in [6.45, 7) is 0. The van der Waals surface area contributed by atoms with E-state index in [0.29, 0.717) is 0 Å². The molecule has 1 aliphatic carbocycles. The van der Waals surface area contributed by atoms with Gasteiger partial charge in [0.15, 0.2) is 0 Å². The number of para-hydroxylation sites is 1. The molecule has 1 aromatic heterocycles. The molecule has 0 bridgehead atoms. The topological polar surface area (TPSA) is 16.4 Å². The molecule has 0 fully saturated rings. The number of hydrogen-bond acceptors (Lipinski definition) is 2. The highest BCUT2D eigenvalue weighted by atomic mass is 16.3. The van der Waals surface area contributed by atoms with Crippen LogP contribution in [0.2, 0.25) is 0 Å². The summed E-state index contributed by atoms with van der Waals surface area (Å²) in [5.41, 5.74) is 16.8. The molecule has 11 aromatic rings. The summed E-state index contributed by atoms with van der Waals surface area (Å²) in [4.78, 5) is 2.41. The van der Waals surface area contributed by atoms with Crippen LogP contribution in [0.1, 0.15) is 22.3 Å². The Morgan fingerprint density at radius 3 is 1.69 bits per heavy atom. The van der Waals surface area contributed by atoms with Gasteiger partial charge in [-0.05, 0) is 109 Å².